The van der Waals surface area contributed by atoms with Crippen molar-refractivity contribution in [2.75, 3.05) is 11.9 Å². The van der Waals surface area contributed by atoms with Crippen molar-refractivity contribution in [3.05, 3.63) is 23.8 Å². The summed E-state index contributed by atoms with van der Waals surface area (Å²) >= 11 is 0. The summed E-state index contributed by atoms with van der Waals surface area (Å²) in [5.41, 5.74) is 7.79. The molecule has 14 heavy (non-hydrogen) atoms. The van der Waals surface area contributed by atoms with Crippen LogP contribution in [0.1, 0.15) is 33.3 Å². The lowest BCUT2D eigenvalue weighted by atomic mass is 9.85. The van der Waals surface area contributed by atoms with Crippen LogP contribution in [-0.4, -0.2) is 6.54 Å². The molecular formula is C12H21N2+. The fraction of sp³-hybridized carbons (Fsp3) is 0.500. The summed E-state index contributed by atoms with van der Waals surface area (Å²) in [7, 11) is 0. The molecule has 0 aliphatic rings. The van der Waals surface area contributed by atoms with Crippen LogP contribution in [0, 0.1) is 0 Å². The quantitative estimate of drug-likeness (QED) is 0.743. The molecule has 1 aromatic rings. The molecule has 4 N–H and O–H groups in total. The van der Waals surface area contributed by atoms with Gasteiger partial charge >= 0.3 is 0 Å². The van der Waals surface area contributed by atoms with Crippen molar-refractivity contribution >= 4 is 11.4 Å². The van der Waals surface area contributed by atoms with Gasteiger partial charge in [0.15, 0.2) is 0 Å². The molecule has 0 saturated carbocycles. The van der Waals surface area contributed by atoms with Crippen LogP contribution in [-0.2, 0) is 5.41 Å². The first-order chi connectivity index (χ1) is 6.45. The summed E-state index contributed by atoms with van der Waals surface area (Å²) in [5, 5.41) is 3.38. The number of rotatable bonds is 2. The van der Waals surface area contributed by atoms with E-state index in [1.165, 1.54) is 11.3 Å². The van der Waals surface area contributed by atoms with E-state index in [4.69, 9.17) is 0 Å². The van der Waals surface area contributed by atoms with Gasteiger partial charge in [0.1, 0.15) is 5.69 Å². The Labute approximate surface area is 86.5 Å². The topological polar surface area (TPSA) is 39.7 Å². The third-order valence-corrected chi connectivity index (χ3v) is 2.26. The van der Waals surface area contributed by atoms with Crippen molar-refractivity contribution in [1.29, 1.82) is 0 Å². The zero-order chi connectivity index (χ0) is 10.8. The molecule has 1 rings (SSSR count). The Morgan fingerprint density at radius 1 is 1.29 bits per heavy atom. The Morgan fingerprint density at radius 2 is 1.93 bits per heavy atom. The van der Waals surface area contributed by atoms with E-state index >= 15 is 0 Å². The molecule has 0 heterocycles. The molecule has 0 atom stereocenters. The Morgan fingerprint density at radius 3 is 2.43 bits per heavy atom. The zero-order valence-corrected chi connectivity index (χ0v) is 9.65. The third-order valence-electron chi connectivity index (χ3n) is 2.26. The molecule has 0 bridgehead atoms. The van der Waals surface area contributed by atoms with E-state index in [0.29, 0.717) is 0 Å². The molecule has 2 nitrogen and oxygen atoms in total. The van der Waals surface area contributed by atoms with Crippen LogP contribution in [0.3, 0.4) is 0 Å². The van der Waals surface area contributed by atoms with Gasteiger partial charge in [-0.25, -0.2) is 0 Å². The molecule has 0 aliphatic heterocycles. The fourth-order valence-electron chi connectivity index (χ4n) is 1.56. The SMILES string of the molecule is CCNc1ccc([NH3+])cc1C(C)(C)C. The van der Waals surface area contributed by atoms with E-state index < -0.39 is 0 Å². The maximum absolute atomic E-state index is 3.97. The van der Waals surface area contributed by atoms with E-state index in [0.717, 1.165) is 12.2 Å². The second-order valence-corrected chi connectivity index (χ2v) is 4.66. The first kappa shape index (κ1) is 11.1. The molecule has 0 saturated heterocycles. The van der Waals surface area contributed by atoms with Crippen LogP contribution >= 0.6 is 0 Å². The average molecular weight is 193 g/mol. The van der Waals surface area contributed by atoms with Crippen LogP contribution in [0.25, 0.3) is 0 Å². The summed E-state index contributed by atoms with van der Waals surface area (Å²) in [5.74, 6) is 0. The van der Waals surface area contributed by atoms with Crippen molar-refractivity contribution in [2.45, 2.75) is 33.1 Å². The van der Waals surface area contributed by atoms with Gasteiger partial charge in [-0.3, -0.25) is 0 Å². The van der Waals surface area contributed by atoms with Gasteiger partial charge in [-0.2, -0.15) is 0 Å². The molecule has 0 spiro atoms. The highest BCUT2D eigenvalue weighted by molar-refractivity contribution is 5.58. The first-order valence-corrected chi connectivity index (χ1v) is 5.15. The number of nitrogens with one attached hydrogen (secondary N) is 1. The second-order valence-electron chi connectivity index (χ2n) is 4.66. The van der Waals surface area contributed by atoms with Crippen molar-refractivity contribution < 1.29 is 5.73 Å². The highest BCUT2D eigenvalue weighted by Gasteiger charge is 2.18. The van der Waals surface area contributed by atoms with Gasteiger partial charge in [0.25, 0.3) is 0 Å². The normalized spacial score (nSPS) is 11.5. The minimum Gasteiger partial charge on any atom is -0.385 e. The molecule has 78 valence electrons. The van der Waals surface area contributed by atoms with E-state index in [1.807, 2.05) is 6.07 Å². The third kappa shape index (κ3) is 2.48. The Bertz CT molecular complexity index is 311. The van der Waals surface area contributed by atoms with Gasteiger partial charge < -0.3 is 11.1 Å². The van der Waals surface area contributed by atoms with E-state index in [2.05, 4.69) is 50.9 Å². The summed E-state index contributed by atoms with van der Waals surface area (Å²) < 4.78 is 0. The van der Waals surface area contributed by atoms with Crippen molar-refractivity contribution in [1.82, 2.24) is 0 Å². The number of anilines is 1. The smallest absolute Gasteiger partial charge is 0.128 e. The van der Waals surface area contributed by atoms with Crippen LogP contribution in [0.5, 0.6) is 0 Å². The number of hydrogen-bond acceptors (Lipinski definition) is 1. The van der Waals surface area contributed by atoms with E-state index in [-0.39, 0.29) is 5.41 Å². The molecule has 0 aliphatic carbocycles. The lowest BCUT2D eigenvalue weighted by Gasteiger charge is -2.23. The average Bonchev–Trinajstić information content (AvgIpc) is 2.07. The van der Waals surface area contributed by atoms with Crippen molar-refractivity contribution in [3.8, 4) is 0 Å². The van der Waals surface area contributed by atoms with Crippen molar-refractivity contribution in [2.24, 2.45) is 0 Å². The number of benzene rings is 1. The Balaban J connectivity index is 3.16. The monoisotopic (exact) mass is 193 g/mol. The maximum Gasteiger partial charge on any atom is 0.128 e. The van der Waals surface area contributed by atoms with Gasteiger partial charge in [0.05, 0.1) is 0 Å². The first-order valence-electron chi connectivity index (χ1n) is 5.15. The number of quaternary nitrogens is 1. The molecule has 0 amide bonds. The van der Waals surface area contributed by atoms with E-state index in [1.54, 1.807) is 0 Å². The molecule has 1 aromatic carbocycles. The van der Waals surface area contributed by atoms with Crippen LogP contribution in [0.15, 0.2) is 18.2 Å². The van der Waals surface area contributed by atoms with Gasteiger partial charge in [0, 0.05) is 24.4 Å². The summed E-state index contributed by atoms with van der Waals surface area (Å²) in [6.07, 6.45) is 0. The van der Waals surface area contributed by atoms with E-state index in [9.17, 15) is 0 Å². The minimum atomic E-state index is 0.172. The Hall–Kier alpha value is -1.02. The van der Waals surface area contributed by atoms with Crippen molar-refractivity contribution in [3.63, 3.8) is 0 Å². The predicted octanol–water partition coefficient (Wildman–Crippen LogP) is 2.29. The molecule has 0 unspecified atom stereocenters. The molecule has 0 aromatic heterocycles. The maximum atomic E-state index is 3.97. The highest BCUT2D eigenvalue weighted by Crippen LogP contribution is 2.30. The Kier molecular flexibility index (Phi) is 3.17. The van der Waals surface area contributed by atoms with Crippen LogP contribution < -0.4 is 11.1 Å². The predicted molar refractivity (Wildman–Crippen MR) is 61.9 cm³/mol. The molecule has 2 heteroatoms. The van der Waals surface area contributed by atoms with Gasteiger partial charge in [-0.15, -0.1) is 0 Å². The molecule has 0 fully saturated rings. The van der Waals surface area contributed by atoms with Gasteiger partial charge in [-0.1, -0.05) is 20.8 Å². The largest absolute Gasteiger partial charge is 0.385 e. The van der Waals surface area contributed by atoms with Crippen LogP contribution in [0.4, 0.5) is 11.4 Å². The number of hydrogen-bond donors (Lipinski definition) is 2. The standard InChI is InChI=1S/C12H20N2/c1-5-14-11-7-6-9(13)8-10(11)12(2,3)4/h6-8,14H,5,13H2,1-4H3/p+1. The fourth-order valence-corrected chi connectivity index (χ4v) is 1.56. The molecular weight excluding hydrogens is 172 g/mol. The highest BCUT2D eigenvalue weighted by atomic mass is 14.9. The molecule has 0 radical (unpaired) electrons. The summed E-state index contributed by atoms with van der Waals surface area (Å²) in [4.78, 5) is 0. The lowest BCUT2D eigenvalue weighted by molar-refractivity contribution is -0.254. The summed E-state index contributed by atoms with van der Waals surface area (Å²) in [6.45, 7) is 9.75. The lowest BCUT2D eigenvalue weighted by Crippen LogP contribution is -2.40. The van der Waals surface area contributed by atoms with Gasteiger partial charge in [0.2, 0.25) is 0 Å². The van der Waals surface area contributed by atoms with Gasteiger partial charge in [-0.05, 0) is 24.0 Å². The minimum absolute atomic E-state index is 0.172. The van der Waals surface area contributed by atoms with Crippen LogP contribution in [0.2, 0.25) is 0 Å². The summed E-state index contributed by atoms with van der Waals surface area (Å²) in [6, 6.07) is 6.33. The zero-order valence-electron chi connectivity index (χ0n) is 9.65. The second kappa shape index (κ2) is 4.01.